The van der Waals surface area contributed by atoms with Crippen LogP contribution in [0.4, 0.5) is 13.2 Å². The molecule has 1 aliphatic rings. The number of hydrogen-bond acceptors (Lipinski definition) is 1. The topological polar surface area (TPSA) is 3.24 Å². The average Bonchev–Trinajstić information content (AvgIpc) is 2.29. The second-order valence-corrected chi connectivity index (χ2v) is 4.13. The molecule has 0 aliphatic carbocycles. The van der Waals surface area contributed by atoms with E-state index in [-0.39, 0.29) is 18.8 Å². The van der Waals surface area contributed by atoms with Gasteiger partial charge in [0.05, 0.1) is 5.92 Å². The van der Waals surface area contributed by atoms with Crippen molar-refractivity contribution in [1.29, 1.82) is 0 Å². The highest BCUT2D eigenvalue weighted by molar-refractivity contribution is 4.76. The van der Waals surface area contributed by atoms with Crippen molar-refractivity contribution in [3.63, 3.8) is 0 Å². The summed E-state index contributed by atoms with van der Waals surface area (Å²) in [6, 6.07) is 0. The molecular formula is C11H22F3N. The highest BCUT2D eigenvalue weighted by atomic mass is 19.4. The van der Waals surface area contributed by atoms with Crippen molar-refractivity contribution in [3.8, 4) is 0 Å². The fraction of sp³-hybridized carbons (Fsp3) is 1.00. The average molecular weight is 225 g/mol. The molecular weight excluding hydrogens is 203 g/mol. The Morgan fingerprint density at radius 3 is 2.20 bits per heavy atom. The van der Waals surface area contributed by atoms with Gasteiger partial charge in [-0.3, -0.25) is 0 Å². The minimum atomic E-state index is -4.00. The molecule has 92 valence electrons. The first-order valence-corrected chi connectivity index (χ1v) is 5.65. The third-order valence-electron chi connectivity index (χ3n) is 2.63. The molecule has 15 heavy (non-hydrogen) atoms. The molecule has 1 fully saturated rings. The van der Waals surface area contributed by atoms with Gasteiger partial charge in [0.2, 0.25) is 0 Å². The number of hydrogen-bond donors (Lipinski definition) is 0. The third kappa shape index (κ3) is 5.40. The zero-order chi connectivity index (χ0) is 12.1. The fourth-order valence-electron chi connectivity index (χ4n) is 1.97. The van der Waals surface area contributed by atoms with E-state index in [1.807, 2.05) is 32.7 Å². The maximum Gasteiger partial charge on any atom is 0.391 e. The molecule has 1 nitrogen and oxygen atoms in total. The van der Waals surface area contributed by atoms with Gasteiger partial charge in [-0.15, -0.1) is 0 Å². The highest BCUT2D eigenvalue weighted by Crippen LogP contribution is 2.35. The first-order valence-electron chi connectivity index (χ1n) is 5.65. The summed E-state index contributed by atoms with van der Waals surface area (Å²) >= 11 is 0. The Hall–Kier alpha value is -0.250. The van der Waals surface area contributed by atoms with Crippen LogP contribution in [0.3, 0.4) is 0 Å². The normalized spacial score (nSPS) is 29.0. The Kier molecular flexibility index (Phi) is 6.25. The van der Waals surface area contributed by atoms with Gasteiger partial charge in [-0.05, 0) is 32.4 Å². The second kappa shape index (κ2) is 6.36. The summed E-state index contributed by atoms with van der Waals surface area (Å²) in [5, 5.41) is 0. The fourth-order valence-corrected chi connectivity index (χ4v) is 1.97. The summed E-state index contributed by atoms with van der Waals surface area (Å²) in [5.41, 5.74) is 0. The van der Waals surface area contributed by atoms with Crippen molar-refractivity contribution < 1.29 is 13.2 Å². The smallest absolute Gasteiger partial charge is 0.306 e. The molecule has 1 heterocycles. The Balaban J connectivity index is 0.000000921. The van der Waals surface area contributed by atoms with Crippen LogP contribution < -0.4 is 0 Å². The molecule has 4 heteroatoms. The van der Waals surface area contributed by atoms with Gasteiger partial charge in [-0.25, -0.2) is 0 Å². The predicted octanol–water partition coefficient (Wildman–Crippen LogP) is 3.55. The van der Waals surface area contributed by atoms with Crippen LogP contribution in [0.25, 0.3) is 0 Å². The Morgan fingerprint density at radius 1 is 1.20 bits per heavy atom. The summed E-state index contributed by atoms with van der Waals surface area (Å²) in [7, 11) is 1.88. The van der Waals surface area contributed by atoms with Gasteiger partial charge in [-0.1, -0.05) is 20.8 Å². The minimum Gasteiger partial charge on any atom is -0.306 e. The Morgan fingerprint density at radius 2 is 1.73 bits per heavy atom. The Bertz CT molecular complexity index is 168. The SMILES string of the molecule is CC.CC1CC(C(F)(F)F)CCN(C)C1. The number of nitrogens with zero attached hydrogens (tertiary/aromatic N) is 1. The van der Waals surface area contributed by atoms with Crippen molar-refractivity contribution in [2.45, 2.75) is 39.8 Å². The van der Waals surface area contributed by atoms with E-state index in [4.69, 9.17) is 0 Å². The first-order chi connectivity index (χ1) is 6.89. The maximum atomic E-state index is 12.4. The lowest BCUT2D eigenvalue weighted by Crippen LogP contribution is -2.24. The number of halogens is 3. The van der Waals surface area contributed by atoms with Crippen LogP contribution in [-0.2, 0) is 0 Å². The highest BCUT2D eigenvalue weighted by Gasteiger charge is 2.40. The van der Waals surface area contributed by atoms with Gasteiger partial charge >= 0.3 is 6.18 Å². The molecule has 0 aromatic heterocycles. The van der Waals surface area contributed by atoms with Gasteiger partial charge in [0, 0.05) is 6.54 Å². The van der Waals surface area contributed by atoms with Crippen LogP contribution >= 0.6 is 0 Å². The minimum absolute atomic E-state index is 0.152. The van der Waals surface area contributed by atoms with E-state index in [0.717, 1.165) is 6.54 Å². The van der Waals surface area contributed by atoms with Crippen LogP contribution in [0, 0.1) is 11.8 Å². The predicted molar refractivity (Wildman–Crippen MR) is 56.8 cm³/mol. The lowest BCUT2D eigenvalue weighted by atomic mass is 9.94. The lowest BCUT2D eigenvalue weighted by Gasteiger charge is -2.19. The summed E-state index contributed by atoms with van der Waals surface area (Å²) in [5.74, 6) is -0.938. The zero-order valence-electron chi connectivity index (χ0n) is 10.1. The van der Waals surface area contributed by atoms with Gasteiger partial charge in [0.25, 0.3) is 0 Å². The van der Waals surface area contributed by atoms with Crippen LogP contribution in [-0.4, -0.2) is 31.2 Å². The molecule has 0 aromatic rings. The number of rotatable bonds is 0. The maximum absolute atomic E-state index is 12.4. The number of likely N-dealkylation sites (tertiary alicyclic amines) is 1. The molecule has 0 aromatic carbocycles. The molecule has 1 rings (SSSR count). The largest absolute Gasteiger partial charge is 0.391 e. The molecule has 0 radical (unpaired) electrons. The standard InChI is InChI=1S/C9H16F3N.C2H6/c1-7-5-8(9(10,11)12)3-4-13(2)6-7;1-2/h7-8H,3-6H2,1-2H3;1-2H3. The van der Waals surface area contributed by atoms with Crippen LogP contribution in [0.5, 0.6) is 0 Å². The van der Waals surface area contributed by atoms with Gasteiger partial charge in [0.1, 0.15) is 0 Å². The van der Waals surface area contributed by atoms with Crippen molar-refractivity contribution in [3.05, 3.63) is 0 Å². The summed E-state index contributed by atoms with van der Waals surface area (Å²) in [6.45, 7) is 7.24. The summed E-state index contributed by atoms with van der Waals surface area (Å²) in [6.07, 6.45) is -3.46. The van der Waals surface area contributed by atoms with Crippen molar-refractivity contribution in [2.24, 2.45) is 11.8 Å². The lowest BCUT2D eigenvalue weighted by molar-refractivity contribution is -0.178. The second-order valence-electron chi connectivity index (χ2n) is 4.13. The molecule has 1 aliphatic heterocycles. The van der Waals surface area contributed by atoms with Crippen LogP contribution in [0.15, 0.2) is 0 Å². The van der Waals surface area contributed by atoms with Crippen LogP contribution in [0.1, 0.15) is 33.6 Å². The molecule has 0 spiro atoms. The third-order valence-corrected chi connectivity index (χ3v) is 2.63. The van der Waals surface area contributed by atoms with E-state index in [1.54, 1.807) is 0 Å². The monoisotopic (exact) mass is 225 g/mol. The molecule has 0 amide bonds. The zero-order valence-corrected chi connectivity index (χ0v) is 10.1. The van der Waals surface area contributed by atoms with E-state index in [1.165, 1.54) is 0 Å². The molecule has 2 unspecified atom stereocenters. The molecule has 0 N–H and O–H groups in total. The molecule has 2 atom stereocenters. The van der Waals surface area contributed by atoms with E-state index < -0.39 is 12.1 Å². The number of alkyl halides is 3. The van der Waals surface area contributed by atoms with Crippen molar-refractivity contribution >= 4 is 0 Å². The van der Waals surface area contributed by atoms with E-state index >= 15 is 0 Å². The molecule has 0 saturated carbocycles. The molecule has 1 saturated heterocycles. The molecule has 0 bridgehead atoms. The van der Waals surface area contributed by atoms with E-state index in [2.05, 4.69) is 0 Å². The van der Waals surface area contributed by atoms with Gasteiger partial charge in [0.15, 0.2) is 0 Å². The van der Waals surface area contributed by atoms with Crippen molar-refractivity contribution in [2.75, 3.05) is 20.1 Å². The van der Waals surface area contributed by atoms with Crippen LogP contribution in [0.2, 0.25) is 0 Å². The quantitative estimate of drug-likeness (QED) is 0.609. The Labute approximate surface area is 90.6 Å². The van der Waals surface area contributed by atoms with Crippen molar-refractivity contribution in [1.82, 2.24) is 4.90 Å². The van der Waals surface area contributed by atoms with E-state index in [9.17, 15) is 13.2 Å². The van der Waals surface area contributed by atoms with Gasteiger partial charge in [-0.2, -0.15) is 13.2 Å². The van der Waals surface area contributed by atoms with E-state index in [0.29, 0.717) is 6.54 Å². The summed E-state index contributed by atoms with van der Waals surface area (Å²) < 4.78 is 37.2. The summed E-state index contributed by atoms with van der Waals surface area (Å²) in [4.78, 5) is 1.98. The first kappa shape index (κ1) is 14.8. The van der Waals surface area contributed by atoms with Gasteiger partial charge < -0.3 is 4.90 Å².